The molecular weight excluding hydrogens is 280 g/mol. The summed E-state index contributed by atoms with van der Waals surface area (Å²) >= 11 is 0. The maximum Gasteiger partial charge on any atom is 0.335 e. The normalized spacial score (nSPS) is 11.1. The Morgan fingerprint density at radius 3 is 2.64 bits per heavy atom. The topological polar surface area (TPSA) is 67.5 Å². The molecule has 3 rings (SSSR count). The lowest BCUT2D eigenvalue weighted by Crippen LogP contribution is -2.05. The zero-order valence-electron chi connectivity index (χ0n) is 12.3. The highest BCUT2D eigenvalue weighted by atomic mass is 16.4. The van der Waals surface area contributed by atoms with Crippen molar-refractivity contribution < 1.29 is 14.3 Å². The smallest absolute Gasteiger partial charge is 0.335 e. The molecule has 0 aliphatic rings. The molecule has 0 spiro atoms. The Morgan fingerprint density at radius 1 is 1.09 bits per heavy atom. The number of aromatic carboxylic acids is 1. The molecule has 0 bridgehead atoms. The van der Waals surface area contributed by atoms with Gasteiger partial charge in [-0.1, -0.05) is 19.4 Å². The maximum atomic E-state index is 12.5. The first-order chi connectivity index (χ1) is 10.6. The Balaban J connectivity index is 2.22. The predicted molar refractivity (Wildman–Crippen MR) is 85.6 cm³/mol. The van der Waals surface area contributed by atoms with Gasteiger partial charge in [0, 0.05) is 0 Å². The van der Waals surface area contributed by atoms with Crippen molar-refractivity contribution in [1.82, 2.24) is 0 Å². The molecule has 1 N–H and O–H groups in total. The van der Waals surface area contributed by atoms with Crippen molar-refractivity contribution in [2.24, 2.45) is 0 Å². The summed E-state index contributed by atoms with van der Waals surface area (Å²) in [5, 5.41) is 9.82. The third-order valence-electron chi connectivity index (χ3n) is 3.80. The summed E-state index contributed by atoms with van der Waals surface area (Å²) in [6, 6.07) is 9.95. The molecule has 3 aromatic rings. The van der Waals surface area contributed by atoms with Gasteiger partial charge in [-0.25, -0.2) is 4.79 Å². The monoisotopic (exact) mass is 296 g/mol. The molecule has 1 aromatic heterocycles. The van der Waals surface area contributed by atoms with Gasteiger partial charge in [0.25, 0.3) is 0 Å². The minimum atomic E-state index is -1.06. The molecule has 2 aromatic carbocycles. The summed E-state index contributed by atoms with van der Waals surface area (Å²) in [6.07, 6.45) is 3.15. The molecule has 0 unspecified atom stereocenters. The second-order valence-corrected chi connectivity index (χ2v) is 5.38. The standard InChI is InChI=1S/C18H16O4/c1-2-3-4-11-5-7-13-16(9-11)22-15-8-6-12(18(20)21)10-14(15)17(13)19/h5-10H,2-4H2,1H3,(H,20,21). The summed E-state index contributed by atoms with van der Waals surface area (Å²) < 4.78 is 5.79. The second kappa shape index (κ2) is 5.64. The minimum absolute atomic E-state index is 0.0821. The van der Waals surface area contributed by atoms with Crippen molar-refractivity contribution in [3.05, 3.63) is 57.7 Å². The fourth-order valence-electron chi connectivity index (χ4n) is 2.57. The Hall–Kier alpha value is -2.62. The zero-order chi connectivity index (χ0) is 15.7. The number of fused-ring (bicyclic) bond motifs is 2. The van der Waals surface area contributed by atoms with Crippen LogP contribution in [-0.2, 0) is 6.42 Å². The highest BCUT2D eigenvalue weighted by Gasteiger charge is 2.11. The number of unbranched alkanes of at least 4 members (excludes halogenated alkanes) is 1. The molecule has 0 fully saturated rings. The fourth-order valence-corrected chi connectivity index (χ4v) is 2.57. The van der Waals surface area contributed by atoms with Gasteiger partial charge in [0.1, 0.15) is 11.2 Å². The summed E-state index contributed by atoms with van der Waals surface area (Å²) in [5.41, 5.74) is 1.99. The Labute approximate surface area is 127 Å². The predicted octanol–water partition coefficient (Wildman–Crippen LogP) is 3.99. The van der Waals surface area contributed by atoms with Crippen LogP contribution in [0.2, 0.25) is 0 Å². The van der Waals surface area contributed by atoms with Gasteiger partial charge >= 0.3 is 5.97 Å². The molecule has 0 radical (unpaired) electrons. The van der Waals surface area contributed by atoms with Crippen LogP contribution in [0.4, 0.5) is 0 Å². The lowest BCUT2D eigenvalue weighted by atomic mass is 10.0. The Bertz CT molecular complexity index is 921. The van der Waals surface area contributed by atoms with Gasteiger partial charge in [-0.2, -0.15) is 0 Å². The SMILES string of the molecule is CCCCc1ccc2c(=O)c3cc(C(=O)O)ccc3oc2c1. The van der Waals surface area contributed by atoms with Crippen LogP contribution in [0.5, 0.6) is 0 Å². The maximum absolute atomic E-state index is 12.5. The zero-order valence-corrected chi connectivity index (χ0v) is 12.3. The third kappa shape index (κ3) is 2.48. The van der Waals surface area contributed by atoms with Gasteiger partial charge in [-0.15, -0.1) is 0 Å². The van der Waals surface area contributed by atoms with Crippen molar-refractivity contribution >= 4 is 27.9 Å². The molecule has 0 saturated carbocycles. The van der Waals surface area contributed by atoms with Crippen LogP contribution >= 0.6 is 0 Å². The first-order valence-corrected chi connectivity index (χ1v) is 7.33. The van der Waals surface area contributed by atoms with Crippen molar-refractivity contribution in [2.75, 3.05) is 0 Å². The summed E-state index contributed by atoms with van der Waals surface area (Å²) in [4.78, 5) is 23.6. The number of hydrogen-bond donors (Lipinski definition) is 1. The molecule has 0 saturated heterocycles. The quantitative estimate of drug-likeness (QED) is 0.739. The van der Waals surface area contributed by atoms with Gasteiger partial charge in [0.2, 0.25) is 5.43 Å². The first kappa shape index (κ1) is 14.3. The Morgan fingerprint density at radius 2 is 1.91 bits per heavy atom. The molecule has 0 aliphatic carbocycles. The molecule has 0 atom stereocenters. The van der Waals surface area contributed by atoms with Gasteiger partial charge in [-0.05, 0) is 48.7 Å². The van der Waals surface area contributed by atoms with E-state index in [0.717, 1.165) is 24.8 Å². The van der Waals surface area contributed by atoms with E-state index in [2.05, 4.69) is 6.92 Å². The van der Waals surface area contributed by atoms with Crippen LogP contribution in [0.1, 0.15) is 35.7 Å². The summed E-state index contributed by atoms with van der Waals surface area (Å²) in [5.74, 6) is -1.06. The van der Waals surface area contributed by atoms with E-state index in [1.54, 1.807) is 12.1 Å². The van der Waals surface area contributed by atoms with Crippen LogP contribution in [0.15, 0.2) is 45.6 Å². The van der Waals surface area contributed by atoms with Crippen LogP contribution in [0, 0.1) is 0 Å². The highest BCUT2D eigenvalue weighted by molar-refractivity contribution is 5.96. The number of aryl methyl sites for hydroxylation is 1. The van der Waals surface area contributed by atoms with E-state index < -0.39 is 5.97 Å². The molecule has 4 heteroatoms. The van der Waals surface area contributed by atoms with Crippen LogP contribution in [0.3, 0.4) is 0 Å². The number of carboxylic acids is 1. The third-order valence-corrected chi connectivity index (χ3v) is 3.80. The highest BCUT2D eigenvalue weighted by Crippen LogP contribution is 2.21. The number of carboxylic acid groups (broad SMARTS) is 1. The number of benzene rings is 2. The molecule has 22 heavy (non-hydrogen) atoms. The van der Waals surface area contributed by atoms with Crippen molar-refractivity contribution in [3.8, 4) is 0 Å². The molecule has 1 heterocycles. The van der Waals surface area contributed by atoms with E-state index in [0.29, 0.717) is 21.9 Å². The largest absolute Gasteiger partial charge is 0.478 e. The van der Waals surface area contributed by atoms with Crippen LogP contribution in [0.25, 0.3) is 21.9 Å². The average Bonchev–Trinajstić information content (AvgIpc) is 2.52. The van der Waals surface area contributed by atoms with E-state index >= 15 is 0 Å². The van der Waals surface area contributed by atoms with Crippen molar-refractivity contribution in [3.63, 3.8) is 0 Å². The van der Waals surface area contributed by atoms with E-state index in [4.69, 9.17) is 9.52 Å². The summed E-state index contributed by atoms with van der Waals surface area (Å²) in [7, 11) is 0. The Kier molecular flexibility index (Phi) is 3.67. The minimum Gasteiger partial charge on any atom is -0.478 e. The molecule has 0 aliphatic heterocycles. The molecule has 0 amide bonds. The molecule has 112 valence electrons. The fraction of sp³-hybridized carbons (Fsp3) is 0.222. The average molecular weight is 296 g/mol. The number of hydrogen-bond acceptors (Lipinski definition) is 3. The molecular formula is C18H16O4. The van der Waals surface area contributed by atoms with Gasteiger partial charge in [0.15, 0.2) is 0 Å². The van der Waals surface area contributed by atoms with Crippen LogP contribution in [-0.4, -0.2) is 11.1 Å². The van der Waals surface area contributed by atoms with Crippen molar-refractivity contribution in [2.45, 2.75) is 26.2 Å². The summed E-state index contributed by atoms with van der Waals surface area (Å²) in [6.45, 7) is 2.13. The van der Waals surface area contributed by atoms with Gasteiger partial charge < -0.3 is 9.52 Å². The van der Waals surface area contributed by atoms with E-state index in [1.807, 2.05) is 12.1 Å². The van der Waals surface area contributed by atoms with Crippen molar-refractivity contribution in [1.29, 1.82) is 0 Å². The van der Waals surface area contributed by atoms with Gasteiger partial charge in [0.05, 0.1) is 16.3 Å². The van der Waals surface area contributed by atoms with E-state index in [9.17, 15) is 9.59 Å². The van der Waals surface area contributed by atoms with E-state index in [1.165, 1.54) is 12.1 Å². The second-order valence-electron chi connectivity index (χ2n) is 5.38. The number of rotatable bonds is 4. The molecule has 4 nitrogen and oxygen atoms in total. The van der Waals surface area contributed by atoms with E-state index in [-0.39, 0.29) is 11.0 Å². The van der Waals surface area contributed by atoms with Gasteiger partial charge in [-0.3, -0.25) is 4.79 Å². The number of carbonyl (C=O) groups is 1. The van der Waals surface area contributed by atoms with Crippen LogP contribution < -0.4 is 5.43 Å². The lowest BCUT2D eigenvalue weighted by molar-refractivity contribution is 0.0697. The first-order valence-electron chi connectivity index (χ1n) is 7.33. The lowest BCUT2D eigenvalue weighted by Gasteiger charge is -2.05.